The molecule has 1 aromatic rings. The molecule has 0 unspecified atom stereocenters. The van der Waals surface area contributed by atoms with Gasteiger partial charge in [-0.2, -0.15) is 0 Å². The van der Waals surface area contributed by atoms with Crippen LogP contribution in [0, 0.1) is 11.7 Å². The van der Waals surface area contributed by atoms with Gasteiger partial charge in [-0.1, -0.05) is 13.8 Å². The van der Waals surface area contributed by atoms with Crippen LogP contribution in [0.1, 0.15) is 30.5 Å². The normalized spacial score (nSPS) is 16.1. The summed E-state index contributed by atoms with van der Waals surface area (Å²) in [6.45, 7) is 5.91. The molecule has 0 saturated carbocycles. The molecule has 1 aromatic heterocycles. The van der Waals surface area contributed by atoms with Crippen molar-refractivity contribution in [3.8, 4) is 0 Å². The maximum Gasteiger partial charge on any atom is 0.122 e. The van der Waals surface area contributed by atoms with Crippen molar-refractivity contribution in [1.29, 1.82) is 4.78 Å². The van der Waals surface area contributed by atoms with Crippen molar-refractivity contribution in [2.45, 2.75) is 30.9 Å². The summed E-state index contributed by atoms with van der Waals surface area (Å²) < 4.78 is 19.6. The van der Waals surface area contributed by atoms with Gasteiger partial charge in [0.05, 0.1) is 20.4 Å². The molecule has 0 bridgehead atoms. The lowest BCUT2D eigenvalue weighted by molar-refractivity contribution is 0.679. The van der Waals surface area contributed by atoms with Crippen molar-refractivity contribution in [2.24, 2.45) is 0 Å². The molecule has 5 heteroatoms. The molecule has 1 atom stereocenters. The Morgan fingerprint density at radius 2 is 2.08 bits per heavy atom. The minimum atomic E-state index is -2.59. The van der Waals surface area contributed by atoms with Gasteiger partial charge in [0.2, 0.25) is 0 Å². The van der Waals surface area contributed by atoms with Crippen molar-refractivity contribution in [2.75, 3.05) is 6.26 Å². The highest BCUT2D eigenvalue weighted by molar-refractivity contribution is 7.93. The van der Waals surface area contributed by atoms with E-state index in [0.717, 1.165) is 10.7 Å². The molecule has 0 spiro atoms. The van der Waals surface area contributed by atoms with Crippen molar-refractivity contribution >= 4 is 21.1 Å². The molecule has 1 rings (SSSR count). The smallest absolute Gasteiger partial charge is 0.122 e. The van der Waals surface area contributed by atoms with E-state index < -0.39 is 9.73 Å². The zero-order chi connectivity index (χ0) is 10.2. The van der Waals surface area contributed by atoms with Gasteiger partial charge in [-0.05, 0) is 6.92 Å². The van der Waals surface area contributed by atoms with E-state index in [4.69, 9.17) is 4.78 Å². The Hall–Kier alpha value is -0.420. The summed E-state index contributed by atoms with van der Waals surface area (Å²) in [5.41, 5.74) is 0.746. The Kier molecular flexibility index (Phi) is 2.77. The maximum atomic E-state index is 11.5. The maximum absolute atomic E-state index is 11.5. The van der Waals surface area contributed by atoms with E-state index in [1.807, 2.05) is 20.8 Å². The topological polar surface area (TPSA) is 53.8 Å². The summed E-state index contributed by atoms with van der Waals surface area (Å²) in [5.74, 6) is 0.346. The van der Waals surface area contributed by atoms with Crippen LogP contribution in [0.5, 0.6) is 0 Å². The Morgan fingerprint density at radius 3 is 2.31 bits per heavy atom. The van der Waals surface area contributed by atoms with Gasteiger partial charge in [0.25, 0.3) is 0 Å². The number of aromatic nitrogens is 1. The molecule has 0 aliphatic rings. The number of nitrogens with zero attached hydrogens (tertiary/aromatic N) is 1. The van der Waals surface area contributed by atoms with Crippen LogP contribution in [0.25, 0.3) is 0 Å². The summed E-state index contributed by atoms with van der Waals surface area (Å²) in [5, 5.41) is 0.967. The number of rotatable bonds is 2. The Labute approximate surface area is 83.2 Å². The monoisotopic (exact) mass is 218 g/mol. The van der Waals surface area contributed by atoms with E-state index in [-0.39, 0.29) is 0 Å². The third-order valence-electron chi connectivity index (χ3n) is 1.62. The molecule has 0 aliphatic carbocycles. The van der Waals surface area contributed by atoms with Crippen LogP contribution < -0.4 is 0 Å². The van der Waals surface area contributed by atoms with Gasteiger partial charge in [0.15, 0.2) is 0 Å². The van der Waals surface area contributed by atoms with Gasteiger partial charge < -0.3 is 0 Å². The first kappa shape index (κ1) is 10.7. The molecule has 0 amide bonds. The zero-order valence-electron chi connectivity index (χ0n) is 8.25. The summed E-state index contributed by atoms with van der Waals surface area (Å²) in [6, 6.07) is 0. The number of nitrogens with one attached hydrogen (secondary N) is 1. The average molecular weight is 218 g/mol. The average Bonchev–Trinajstić information content (AvgIpc) is 2.29. The standard InChI is InChI=1S/C8H14N2OS2/c1-5(2)7-10-6(3)8(12-7)13(4,9)11/h5,9H,1-4H3/t13-/m1/s1. The third kappa shape index (κ3) is 2.28. The second-order valence-corrected chi connectivity index (χ2v) is 6.81. The zero-order valence-corrected chi connectivity index (χ0v) is 9.88. The van der Waals surface area contributed by atoms with E-state index in [0.29, 0.717) is 10.1 Å². The second-order valence-electron chi connectivity index (χ2n) is 3.42. The summed E-state index contributed by atoms with van der Waals surface area (Å²) >= 11 is 1.40. The van der Waals surface area contributed by atoms with E-state index in [9.17, 15) is 4.21 Å². The van der Waals surface area contributed by atoms with Gasteiger partial charge in [-0.3, -0.25) is 0 Å². The molecule has 0 aliphatic heterocycles. The fraction of sp³-hybridized carbons (Fsp3) is 0.625. The highest BCUT2D eigenvalue weighted by Gasteiger charge is 2.15. The number of aryl methyl sites for hydroxylation is 1. The fourth-order valence-electron chi connectivity index (χ4n) is 1.01. The molecule has 0 fully saturated rings. The molecular weight excluding hydrogens is 204 g/mol. The SMILES string of the molecule is Cc1nc(C(C)C)sc1[S@](C)(=N)=O. The molecule has 74 valence electrons. The lowest BCUT2D eigenvalue weighted by Crippen LogP contribution is -1.93. The quantitative estimate of drug-likeness (QED) is 0.829. The Balaban J connectivity index is 3.27. The van der Waals surface area contributed by atoms with Gasteiger partial charge in [0, 0.05) is 12.2 Å². The highest BCUT2D eigenvalue weighted by Crippen LogP contribution is 2.28. The van der Waals surface area contributed by atoms with E-state index in [2.05, 4.69) is 4.98 Å². The van der Waals surface area contributed by atoms with Crippen LogP contribution in [0.15, 0.2) is 4.21 Å². The van der Waals surface area contributed by atoms with Gasteiger partial charge in [-0.15, -0.1) is 11.3 Å². The predicted octanol–water partition coefficient (Wildman–Crippen LogP) is 2.61. The molecule has 1 N–H and O–H groups in total. The van der Waals surface area contributed by atoms with Crippen molar-refractivity contribution in [3.05, 3.63) is 10.7 Å². The minimum absolute atomic E-state index is 0.346. The van der Waals surface area contributed by atoms with E-state index in [1.54, 1.807) is 0 Å². The largest absolute Gasteiger partial charge is 0.248 e. The number of hydrogen-bond donors (Lipinski definition) is 1. The van der Waals surface area contributed by atoms with Crippen molar-refractivity contribution in [1.82, 2.24) is 4.98 Å². The first-order chi connectivity index (χ1) is 5.82. The number of thiazole rings is 1. The molecule has 0 radical (unpaired) electrons. The molecule has 0 aromatic carbocycles. The predicted molar refractivity (Wildman–Crippen MR) is 56.0 cm³/mol. The summed E-state index contributed by atoms with van der Waals surface area (Å²) in [7, 11) is -2.59. The van der Waals surface area contributed by atoms with Gasteiger partial charge >= 0.3 is 0 Å². The second kappa shape index (κ2) is 3.38. The fourth-order valence-corrected chi connectivity index (χ4v) is 3.31. The molecule has 13 heavy (non-hydrogen) atoms. The van der Waals surface area contributed by atoms with Crippen molar-refractivity contribution < 1.29 is 4.21 Å². The third-order valence-corrected chi connectivity index (χ3v) is 5.08. The minimum Gasteiger partial charge on any atom is -0.248 e. The van der Waals surface area contributed by atoms with Gasteiger partial charge in [-0.25, -0.2) is 14.0 Å². The van der Waals surface area contributed by atoms with Crippen LogP contribution in [-0.4, -0.2) is 15.4 Å². The molecule has 3 nitrogen and oxygen atoms in total. The molecular formula is C8H14N2OS2. The molecule has 0 saturated heterocycles. The summed E-state index contributed by atoms with van der Waals surface area (Å²) in [4.78, 5) is 4.30. The van der Waals surface area contributed by atoms with E-state index >= 15 is 0 Å². The van der Waals surface area contributed by atoms with Crippen LogP contribution in [-0.2, 0) is 9.73 Å². The Morgan fingerprint density at radius 1 is 1.54 bits per heavy atom. The first-order valence-corrected chi connectivity index (χ1v) is 6.81. The first-order valence-electron chi connectivity index (χ1n) is 4.03. The lowest BCUT2D eigenvalue weighted by Gasteiger charge is -1.96. The highest BCUT2D eigenvalue weighted by atomic mass is 32.2. The molecule has 1 heterocycles. The van der Waals surface area contributed by atoms with Crippen molar-refractivity contribution in [3.63, 3.8) is 0 Å². The van der Waals surface area contributed by atoms with E-state index in [1.165, 1.54) is 17.6 Å². The Bertz CT molecular complexity index is 404. The number of hydrogen-bond acceptors (Lipinski definition) is 4. The van der Waals surface area contributed by atoms with Gasteiger partial charge in [0.1, 0.15) is 4.21 Å². The van der Waals surface area contributed by atoms with Crippen LogP contribution in [0.4, 0.5) is 0 Å². The van der Waals surface area contributed by atoms with Crippen LogP contribution >= 0.6 is 11.3 Å². The van der Waals surface area contributed by atoms with Crippen LogP contribution in [0.2, 0.25) is 0 Å². The summed E-state index contributed by atoms with van der Waals surface area (Å²) in [6.07, 6.45) is 1.44. The van der Waals surface area contributed by atoms with Crippen LogP contribution in [0.3, 0.4) is 0 Å². The lowest BCUT2D eigenvalue weighted by atomic mass is 10.2.